The van der Waals surface area contributed by atoms with Crippen molar-refractivity contribution in [3.8, 4) is 0 Å². The standard InChI is InChI=1S/C12H17N5S/c13-11(12-8-18-16-14-12)7-9-5-6-17(15-9)10-3-1-2-4-10/h5-6,8,10-11H,1-4,7,13H2. The Bertz CT molecular complexity index is 486. The molecule has 0 aliphatic heterocycles. The minimum Gasteiger partial charge on any atom is -0.322 e. The quantitative estimate of drug-likeness (QED) is 0.917. The van der Waals surface area contributed by atoms with E-state index in [2.05, 4.69) is 31.6 Å². The van der Waals surface area contributed by atoms with E-state index >= 15 is 0 Å². The van der Waals surface area contributed by atoms with Gasteiger partial charge in [0.15, 0.2) is 0 Å². The van der Waals surface area contributed by atoms with Gasteiger partial charge >= 0.3 is 0 Å². The van der Waals surface area contributed by atoms with Gasteiger partial charge in [-0.25, -0.2) is 0 Å². The Labute approximate surface area is 110 Å². The van der Waals surface area contributed by atoms with Crippen molar-refractivity contribution >= 4 is 11.5 Å². The summed E-state index contributed by atoms with van der Waals surface area (Å²) >= 11 is 1.34. The summed E-state index contributed by atoms with van der Waals surface area (Å²) in [5.74, 6) is 0. The van der Waals surface area contributed by atoms with Crippen LogP contribution in [-0.4, -0.2) is 19.4 Å². The topological polar surface area (TPSA) is 69.6 Å². The molecule has 1 aliphatic rings. The number of hydrogen-bond donors (Lipinski definition) is 1. The fraction of sp³-hybridized carbons (Fsp3) is 0.583. The van der Waals surface area contributed by atoms with Crippen LogP contribution in [0.4, 0.5) is 0 Å². The van der Waals surface area contributed by atoms with Crippen molar-refractivity contribution in [2.24, 2.45) is 5.73 Å². The molecule has 6 heteroatoms. The average Bonchev–Trinajstić information content (AvgIpc) is 3.12. The third kappa shape index (κ3) is 2.44. The summed E-state index contributed by atoms with van der Waals surface area (Å²) in [7, 11) is 0. The van der Waals surface area contributed by atoms with Gasteiger partial charge in [0.2, 0.25) is 0 Å². The first-order chi connectivity index (χ1) is 8.83. The van der Waals surface area contributed by atoms with E-state index in [4.69, 9.17) is 5.73 Å². The summed E-state index contributed by atoms with van der Waals surface area (Å²) < 4.78 is 5.94. The van der Waals surface area contributed by atoms with Crippen molar-refractivity contribution in [2.45, 2.75) is 44.2 Å². The summed E-state index contributed by atoms with van der Waals surface area (Å²) in [6.45, 7) is 0. The van der Waals surface area contributed by atoms with Crippen molar-refractivity contribution in [3.05, 3.63) is 29.0 Å². The fourth-order valence-corrected chi connectivity index (χ4v) is 3.04. The van der Waals surface area contributed by atoms with Gasteiger partial charge in [-0.1, -0.05) is 17.3 Å². The molecule has 96 valence electrons. The first-order valence-corrected chi connectivity index (χ1v) is 7.23. The molecular formula is C12H17N5S. The lowest BCUT2D eigenvalue weighted by molar-refractivity contribution is 0.461. The van der Waals surface area contributed by atoms with E-state index in [9.17, 15) is 0 Å². The van der Waals surface area contributed by atoms with Crippen molar-refractivity contribution in [1.29, 1.82) is 0 Å². The van der Waals surface area contributed by atoms with E-state index in [-0.39, 0.29) is 6.04 Å². The van der Waals surface area contributed by atoms with Crippen LogP contribution in [0.2, 0.25) is 0 Å². The van der Waals surface area contributed by atoms with Crippen LogP contribution in [0.25, 0.3) is 0 Å². The van der Waals surface area contributed by atoms with Gasteiger partial charge in [-0.15, -0.1) is 5.10 Å². The molecule has 1 aliphatic carbocycles. The Kier molecular flexibility index (Phi) is 3.38. The van der Waals surface area contributed by atoms with Crippen LogP contribution in [-0.2, 0) is 6.42 Å². The third-order valence-corrected chi connectivity index (χ3v) is 4.07. The number of nitrogens with zero attached hydrogens (tertiary/aromatic N) is 4. The molecular weight excluding hydrogens is 246 g/mol. The van der Waals surface area contributed by atoms with Gasteiger partial charge in [0.1, 0.15) is 0 Å². The number of hydrogen-bond acceptors (Lipinski definition) is 5. The molecule has 3 rings (SSSR count). The Morgan fingerprint density at radius 1 is 1.44 bits per heavy atom. The highest BCUT2D eigenvalue weighted by Crippen LogP contribution is 2.29. The van der Waals surface area contributed by atoms with Crippen molar-refractivity contribution < 1.29 is 0 Å². The summed E-state index contributed by atoms with van der Waals surface area (Å²) in [5, 5.41) is 10.5. The van der Waals surface area contributed by atoms with Gasteiger partial charge in [0.05, 0.1) is 23.5 Å². The number of aromatic nitrogens is 4. The van der Waals surface area contributed by atoms with E-state index in [1.54, 1.807) is 0 Å². The van der Waals surface area contributed by atoms with Crippen LogP contribution in [0.1, 0.15) is 49.2 Å². The van der Waals surface area contributed by atoms with Gasteiger partial charge < -0.3 is 5.73 Å². The van der Waals surface area contributed by atoms with E-state index < -0.39 is 0 Å². The minimum atomic E-state index is -0.101. The molecule has 2 heterocycles. The molecule has 0 amide bonds. The molecule has 18 heavy (non-hydrogen) atoms. The van der Waals surface area contributed by atoms with Crippen LogP contribution >= 0.6 is 11.5 Å². The van der Waals surface area contributed by atoms with E-state index in [1.807, 2.05) is 5.38 Å². The summed E-state index contributed by atoms with van der Waals surface area (Å²) in [5.41, 5.74) is 7.99. The highest BCUT2D eigenvalue weighted by Gasteiger charge is 2.18. The highest BCUT2D eigenvalue weighted by molar-refractivity contribution is 7.03. The second kappa shape index (κ2) is 5.16. The Hall–Kier alpha value is -1.27. The van der Waals surface area contributed by atoms with E-state index in [0.717, 1.165) is 17.8 Å². The molecule has 2 N–H and O–H groups in total. The van der Waals surface area contributed by atoms with Crippen molar-refractivity contribution in [1.82, 2.24) is 19.4 Å². The molecule has 0 saturated heterocycles. The van der Waals surface area contributed by atoms with Crippen LogP contribution in [0.3, 0.4) is 0 Å². The van der Waals surface area contributed by atoms with Gasteiger partial charge in [0, 0.05) is 18.0 Å². The largest absolute Gasteiger partial charge is 0.322 e. The smallest absolute Gasteiger partial charge is 0.0926 e. The van der Waals surface area contributed by atoms with E-state index in [0.29, 0.717) is 6.04 Å². The number of rotatable bonds is 4. The predicted molar refractivity (Wildman–Crippen MR) is 70.3 cm³/mol. The maximum atomic E-state index is 6.09. The maximum absolute atomic E-state index is 6.09. The van der Waals surface area contributed by atoms with Crippen molar-refractivity contribution in [3.63, 3.8) is 0 Å². The lowest BCUT2D eigenvalue weighted by atomic mass is 10.1. The molecule has 5 nitrogen and oxygen atoms in total. The van der Waals surface area contributed by atoms with Gasteiger partial charge in [-0.3, -0.25) is 4.68 Å². The Balaban J connectivity index is 1.66. The van der Waals surface area contributed by atoms with Crippen LogP contribution in [0, 0.1) is 0 Å². The zero-order chi connectivity index (χ0) is 12.4. The second-order valence-corrected chi connectivity index (χ2v) is 5.48. The fourth-order valence-electron chi connectivity index (χ4n) is 2.52. The van der Waals surface area contributed by atoms with Crippen LogP contribution in [0.15, 0.2) is 17.6 Å². The molecule has 1 atom stereocenters. The number of nitrogens with two attached hydrogens (primary N) is 1. The van der Waals surface area contributed by atoms with E-state index in [1.165, 1.54) is 37.2 Å². The maximum Gasteiger partial charge on any atom is 0.0926 e. The molecule has 0 aromatic carbocycles. The molecule has 0 bridgehead atoms. The lowest BCUT2D eigenvalue weighted by Gasteiger charge is -2.09. The zero-order valence-corrected chi connectivity index (χ0v) is 11.0. The Morgan fingerprint density at radius 3 is 3.00 bits per heavy atom. The molecule has 2 aromatic rings. The van der Waals surface area contributed by atoms with Crippen molar-refractivity contribution in [2.75, 3.05) is 0 Å². The predicted octanol–water partition coefficient (Wildman–Crippen LogP) is 2.09. The SMILES string of the molecule is NC(Cc1ccn(C2CCCC2)n1)c1csnn1. The molecule has 1 saturated carbocycles. The molecule has 1 unspecified atom stereocenters. The van der Waals surface area contributed by atoms with Crippen LogP contribution in [0.5, 0.6) is 0 Å². The average molecular weight is 263 g/mol. The second-order valence-electron chi connectivity index (χ2n) is 4.87. The molecule has 0 radical (unpaired) electrons. The Morgan fingerprint density at radius 2 is 2.28 bits per heavy atom. The van der Waals surface area contributed by atoms with Gasteiger partial charge in [-0.05, 0) is 30.4 Å². The first-order valence-electron chi connectivity index (χ1n) is 6.39. The normalized spacial score (nSPS) is 18.3. The molecule has 0 spiro atoms. The summed E-state index contributed by atoms with van der Waals surface area (Å²) in [6, 6.07) is 2.56. The minimum absolute atomic E-state index is 0.101. The summed E-state index contributed by atoms with van der Waals surface area (Å²) in [4.78, 5) is 0. The molecule has 2 aromatic heterocycles. The molecule has 1 fully saturated rings. The van der Waals surface area contributed by atoms with Crippen LogP contribution < -0.4 is 5.73 Å². The highest BCUT2D eigenvalue weighted by atomic mass is 32.1. The summed E-state index contributed by atoms with van der Waals surface area (Å²) in [6.07, 6.45) is 7.96. The monoisotopic (exact) mass is 263 g/mol. The lowest BCUT2D eigenvalue weighted by Crippen LogP contribution is -2.14. The third-order valence-electron chi connectivity index (χ3n) is 3.55. The first kappa shape index (κ1) is 11.8. The zero-order valence-electron chi connectivity index (χ0n) is 10.2. The van der Waals surface area contributed by atoms with Gasteiger partial charge in [-0.2, -0.15) is 5.10 Å². The van der Waals surface area contributed by atoms with Gasteiger partial charge in [0.25, 0.3) is 0 Å².